The molecule has 2 rings (SSSR count). The molecule has 0 unspecified atom stereocenters. The summed E-state index contributed by atoms with van der Waals surface area (Å²) in [5.41, 5.74) is 1.21. The predicted octanol–water partition coefficient (Wildman–Crippen LogP) is 4.82. The van der Waals surface area contributed by atoms with Crippen LogP contribution in [0.15, 0.2) is 0 Å². The van der Waals surface area contributed by atoms with E-state index in [1.54, 1.807) is 0 Å². The van der Waals surface area contributed by atoms with Crippen LogP contribution in [0.1, 0.15) is 51.4 Å². The third-order valence-electron chi connectivity index (χ3n) is 5.09. The minimum Gasteiger partial charge on any atom is -0.397 e. The van der Waals surface area contributed by atoms with Crippen molar-refractivity contribution >= 4 is 31.8 Å². The summed E-state index contributed by atoms with van der Waals surface area (Å²) in [7, 11) is 1.59. The zero-order chi connectivity index (χ0) is 13.9. The molecule has 0 aliphatic heterocycles. The molecule has 0 spiro atoms. The molecule has 2 fully saturated rings. The van der Waals surface area contributed by atoms with Crippen LogP contribution in [0.25, 0.3) is 0 Å². The maximum absolute atomic E-state index is 6.24. The molecule has 19 heavy (non-hydrogen) atoms. The van der Waals surface area contributed by atoms with Gasteiger partial charge in [-0.05, 0) is 51.4 Å². The number of rotatable bonds is 4. The van der Waals surface area contributed by atoms with E-state index in [0.29, 0.717) is 21.8 Å². The lowest BCUT2D eigenvalue weighted by molar-refractivity contribution is 0.194. The number of halogens is 2. The molecule has 2 saturated carbocycles. The SMILES string of the molecule is CO[Si](OC)(C1CCC(Cl)CC1)C1CCC(Cl)CC1. The Morgan fingerprint density at radius 1 is 0.684 bits per heavy atom. The van der Waals surface area contributed by atoms with Gasteiger partial charge in [0.2, 0.25) is 0 Å². The van der Waals surface area contributed by atoms with E-state index in [1.165, 1.54) is 25.7 Å². The van der Waals surface area contributed by atoms with E-state index in [9.17, 15) is 0 Å². The summed E-state index contributed by atoms with van der Waals surface area (Å²) in [4.78, 5) is 0. The quantitative estimate of drug-likeness (QED) is 0.545. The summed E-state index contributed by atoms with van der Waals surface area (Å²) < 4.78 is 12.1. The zero-order valence-electron chi connectivity index (χ0n) is 12.0. The Bertz CT molecular complexity index is 247. The molecule has 0 aromatic carbocycles. The molecule has 0 heterocycles. The van der Waals surface area contributed by atoms with E-state index >= 15 is 0 Å². The largest absolute Gasteiger partial charge is 0.397 e. The minimum atomic E-state index is -2.12. The van der Waals surface area contributed by atoms with Crippen molar-refractivity contribution in [2.24, 2.45) is 0 Å². The Labute approximate surface area is 128 Å². The lowest BCUT2D eigenvalue weighted by Gasteiger charge is -2.44. The highest BCUT2D eigenvalue weighted by molar-refractivity contribution is 6.70. The molecule has 0 N–H and O–H groups in total. The van der Waals surface area contributed by atoms with Crippen molar-refractivity contribution in [2.75, 3.05) is 14.2 Å². The molecular weight excluding hydrogens is 299 g/mol. The number of hydrogen-bond acceptors (Lipinski definition) is 2. The van der Waals surface area contributed by atoms with Crippen LogP contribution in [-0.2, 0) is 8.85 Å². The van der Waals surface area contributed by atoms with E-state index in [1.807, 2.05) is 14.2 Å². The molecule has 5 heteroatoms. The van der Waals surface area contributed by atoms with Crippen molar-refractivity contribution in [1.29, 1.82) is 0 Å². The van der Waals surface area contributed by atoms with Crippen LogP contribution in [0.3, 0.4) is 0 Å². The Morgan fingerprint density at radius 2 is 1.00 bits per heavy atom. The van der Waals surface area contributed by atoms with Gasteiger partial charge in [-0.3, -0.25) is 0 Å². The van der Waals surface area contributed by atoms with Gasteiger partial charge in [-0.25, -0.2) is 0 Å². The third kappa shape index (κ3) is 3.49. The first-order valence-corrected chi connectivity index (χ1v) is 10.3. The highest BCUT2D eigenvalue weighted by atomic mass is 35.5. The maximum Gasteiger partial charge on any atom is 0.344 e. The van der Waals surface area contributed by atoms with Gasteiger partial charge < -0.3 is 8.85 Å². The molecule has 0 bridgehead atoms. The lowest BCUT2D eigenvalue weighted by atomic mass is 9.99. The van der Waals surface area contributed by atoms with Gasteiger partial charge in [-0.2, -0.15) is 0 Å². The van der Waals surface area contributed by atoms with Crippen molar-refractivity contribution in [2.45, 2.75) is 73.2 Å². The standard InChI is InChI=1S/C14H26Cl2O2Si/c1-17-19(18-2,13-7-3-11(15)4-8-13)14-9-5-12(16)6-10-14/h11-14H,3-10H2,1-2H3. The van der Waals surface area contributed by atoms with Crippen molar-refractivity contribution in [3.05, 3.63) is 0 Å². The Kier molecular flexibility index (Phi) is 6.03. The third-order valence-corrected chi connectivity index (χ3v) is 10.7. The van der Waals surface area contributed by atoms with Crippen molar-refractivity contribution in [3.63, 3.8) is 0 Å². The Hall–Kier alpha value is 0.717. The summed E-state index contributed by atoms with van der Waals surface area (Å²) in [6.45, 7) is 0. The van der Waals surface area contributed by atoms with Gasteiger partial charge in [0.05, 0.1) is 0 Å². The summed E-state index contributed by atoms with van der Waals surface area (Å²) in [5, 5.41) is 0.713. The average Bonchev–Trinajstić information content (AvgIpc) is 2.44. The van der Waals surface area contributed by atoms with Gasteiger partial charge in [0.1, 0.15) is 0 Å². The fraction of sp³-hybridized carbons (Fsp3) is 1.00. The van der Waals surface area contributed by atoms with E-state index in [4.69, 9.17) is 32.1 Å². The van der Waals surface area contributed by atoms with E-state index in [2.05, 4.69) is 0 Å². The fourth-order valence-corrected chi connectivity index (χ4v) is 8.94. The van der Waals surface area contributed by atoms with Crippen LogP contribution in [0.4, 0.5) is 0 Å². The van der Waals surface area contributed by atoms with Crippen LogP contribution >= 0.6 is 23.2 Å². The number of alkyl halides is 2. The topological polar surface area (TPSA) is 18.5 Å². The lowest BCUT2D eigenvalue weighted by Crippen LogP contribution is -2.51. The second-order valence-corrected chi connectivity index (χ2v) is 11.2. The molecule has 0 aromatic rings. The molecule has 2 aliphatic carbocycles. The van der Waals surface area contributed by atoms with Gasteiger partial charge in [0.15, 0.2) is 0 Å². The molecule has 2 nitrogen and oxygen atoms in total. The Morgan fingerprint density at radius 3 is 1.26 bits per heavy atom. The first-order valence-electron chi connectivity index (χ1n) is 7.50. The molecule has 0 saturated heterocycles. The summed E-state index contributed by atoms with van der Waals surface area (Å²) in [6, 6.07) is 0. The van der Waals surface area contributed by atoms with E-state index in [-0.39, 0.29) is 0 Å². The second-order valence-electron chi connectivity index (χ2n) is 6.03. The highest BCUT2D eigenvalue weighted by Gasteiger charge is 2.52. The summed E-state index contributed by atoms with van der Waals surface area (Å²) >= 11 is 12.5. The highest BCUT2D eigenvalue weighted by Crippen LogP contribution is 2.49. The minimum absolute atomic E-state index is 0.357. The van der Waals surface area contributed by atoms with Crippen molar-refractivity contribution < 1.29 is 8.85 Å². The first kappa shape index (κ1) is 16.1. The monoisotopic (exact) mass is 324 g/mol. The second kappa shape index (κ2) is 7.12. The summed E-state index contributed by atoms with van der Waals surface area (Å²) in [5.74, 6) is 0. The van der Waals surface area contributed by atoms with Gasteiger partial charge in [0, 0.05) is 36.1 Å². The van der Waals surface area contributed by atoms with Crippen molar-refractivity contribution in [3.8, 4) is 0 Å². The average molecular weight is 325 g/mol. The van der Waals surface area contributed by atoms with Crippen LogP contribution < -0.4 is 0 Å². The van der Waals surface area contributed by atoms with Gasteiger partial charge in [0.25, 0.3) is 0 Å². The normalized spacial score (nSPS) is 37.3. The van der Waals surface area contributed by atoms with E-state index < -0.39 is 8.56 Å². The molecule has 0 atom stereocenters. The van der Waals surface area contributed by atoms with Crippen LogP contribution in [0, 0.1) is 0 Å². The van der Waals surface area contributed by atoms with Crippen molar-refractivity contribution in [1.82, 2.24) is 0 Å². The fourth-order valence-electron chi connectivity index (χ4n) is 3.99. The first-order chi connectivity index (χ1) is 9.12. The van der Waals surface area contributed by atoms with Gasteiger partial charge in [-0.1, -0.05) is 0 Å². The summed E-state index contributed by atoms with van der Waals surface area (Å²) in [6.07, 6.45) is 9.12. The molecule has 2 aliphatic rings. The van der Waals surface area contributed by atoms with E-state index in [0.717, 1.165) is 25.7 Å². The predicted molar refractivity (Wildman–Crippen MR) is 83.5 cm³/mol. The van der Waals surface area contributed by atoms with Crippen LogP contribution in [-0.4, -0.2) is 33.5 Å². The van der Waals surface area contributed by atoms with Gasteiger partial charge in [-0.15, -0.1) is 23.2 Å². The smallest absolute Gasteiger partial charge is 0.344 e. The zero-order valence-corrected chi connectivity index (χ0v) is 14.6. The molecule has 112 valence electrons. The van der Waals surface area contributed by atoms with Gasteiger partial charge >= 0.3 is 8.56 Å². The molecule has 0 aromatic heterocycles. The van der Waals surface area contributed by atoms with Crippen LogP contribution in [0.5, 0.6) is 0 Å². The van der Waals surface area contributed by atoms with Crippen LogP contribution in [0.2, 0.25) is 11.1 Å². The maximum atomic E-state index is 6.24. The number of hydrogen-bond donors (Lipinski definition) is 0. The molecule has 0 amide bonds. The molecule has 0 radical (unpaired) electrons. The molecular formula is C14H26Cl2O2Si. The Balaban J connectivity index is 2.08.